The molecule has 0 heterocycles. The van der Waals surface area contributed by atoms with Gasteiger partial charge in [0, 0.05) is 25.7 Å². The van der Waals surface area contributed by atoms with Crippen LogP contribution in [0.15, 0.2) is 18.2 Å². The average Bonchev–Trinajstić information content (AvgIpc) is 2.37. The lowest BCUT2D eigenvalue weighted by atomic mass is 10.1. The summed E-state index contributed by atoms with van der Waals surface area (Å²) in [4.78, 5) is 23.1. The number of anilines is 1. The molecule has 0 spiro atoms. The third-order valence-corrected chi connectivity index (χ3v) is 2.93. The highest BCUT2D eigenvalue weighted by molar-refractivity contribution is 5.95. The first-order chi connectivity index (χ1) is 8.97. The zero-order chi connectivity index (χ0) is 14.4. The molecule has 1 N–H and O–H groups in total. The van der Waals surface area contributed by atoms with Crippen molar-refractivity contribution >= 4 is 17.3 Å². The molecule has 6 heteroatoms. The molecule has 0 saturated heterocycles. The molecule has 0 fully saturated rings. The van der Waals surface area contributed by atoms with Gasteiger partial charge in [-0.05, 0) is 12.5 Å². The summed E-state index contributed by atoms with van der Waals surface area (Å²) in [6.45, 7) is 2.76. The van der Waals surface area contributed by atoms with E-state index in [0.29, 0.717) is 12.2 Å². The molecule has 19 heavy (non-hydrogen) atoms. The minimum Gasteiger partial charge on any atom is -0.478 e. The Morgan fingerprint density at radius 1 is 1.42 bits per heavy atom. The Morgan fingerprint density at radius 2 is 2.11 bits per heavy atom. The Balaban J connectivity index is 3.02. The lowest BCUT2D eigenvalue weighted by Gasteiger charge is -2.20. The molecule has 0 aliphatic carbocycles. The largest absolute Gasteiger partial charge is 0.478 e. The van der Waals surface area contributed by atoms with Crippen LogP contribution in [0.25, 0.3) is 0 Å². The van der Waals surface area contributed by atoms with Gasteiger partial charge in [0.25, 0.3) is 5.69 Å². The molecule has 0 aliphatic rings. The predicted molar refractivity (Wildman–Crippen MR) is 72.9 cm³/mol. The van der Waals surface area contributed by atoms with Gasteiger partial charge in [0.15, 0.2) is 0 Å². The fourth-order valence-corrected chi connectivity index (χ4v) is 1.85. The normalized spacial score (nSPS) is 10.2. The number of aromatic carboxylic acids is 1. The first-order valence-electron chi connectivity index (χ1n) is 6.20. The van der Waals surface area contributed by atoms with Crippen LogP contribution in [0.4, 0.5) is 11.4 Å². The number of carbonyl (C=O) groups is 1. The van der Waals surface area contributed by atoms with Crippen molar-refractivity contribution in [1.82, 2.24) is 0 Å². The molecule has 0 atom stereocenters. The Morgan fingerprint density at radius 3 is 2.63 bits per heavy atom. The van der Waals surface area contributed by atoms with Crippen LogP contribution in [0.1, 0.15) is 36.5 Å². The Hall–Kier alpha value is -2.11. The minimum absolute atomic E-state index is 0.0876. The van der Waals surface area contributed by atoms with Crippen molar-refractivity contribution in [3.05, 3.63) is 33.9 Å². The number of nitrogens with zero attached hydrogens (tertiary/aromatic N) is 2. The summed E-state index contributed by atoms with van der Waals surface area (Å²) in [5, 5.41) is 19.9. The second kappa shape index (κ2) is 6.72. The van der Waals surface area contributed by atoms with Crippen molar-refractivity contribution in [3.63, 3.8) is 0 Å². The summed E-state index contributed by atoms with van der Waals surface area (Å²) in [7, 11) is 1.75. The molecular weight excluding hydrogens is 248 g/mol. The van der Waals surface area contributed by atoms with Gasteiger partial charge >= 0.3 is 5.97 Å². The standard InChI is InChI=1S/C13H18N2O4/c1-3-4-5-8-14(2)12-9-10(15(18)19)6-7-11(12)13(16)17/h6-7,9H,3-5,8H2,1-2H3,(H,16,17). The molecule has 0 unspecified atom stereocenters. The van der Waals surface area contributed by atoms with E-state index in [1.807, 2.05) is 0 Å². The second-order valence-corrected chi connectivity index (χ2v) is 4.39. The van der Waals surface area contributed by atoms with Gasteiger partial charge < -0.3 is 10.0 Å². The van der Waals surface area contributed by atoms with Crippen LogP contribution in [-0.2, 0) is 0 Å². The Labute approximate surface area is 111 Å². The molecule has 0 saturated carbocycles. The number of carboxylic acids is 1. The molecule has 1 aromatic rings. The molecule has 6 nitrogen and oxygen atoms in total. The first kappa shape index (κ1) is 14.9. The monoisotopic (exact) mass is 266 g/mol. The van der Waals surface area contributed by atoms with E-state index >= 15 is 0 Å². The Kier molecular flexibility index (Phi) is 5.29. The van der Waals surface area contributed by atoms with Crippen molar-refractivity contribution in [2.75, 3.05) is 18.5 Å². The lowest BCUT2D eigenvalue weighted by molar-refractivity contribution is -0.384. The van der Waals surface area contributed by atoms with Crippen molar-refractivity contribution in [2.24, 2.45) is 0 Å². The predicted octanol–water partition coefficient (Wildman–Crippen LogP) is 2.92. The maximum absolute atomic E-state index is 11.1. The maximum Gasteiger partial charge on any atom is 0.337 e. The van der Waals surface area contributed by atoms with Gasteiger partial charge in [-0.1, -0.05) is 19.8 Å². The van der Waals surface area contributed by atoms with E-state index < -0.39 is 10.9 Å². The summed E-state index contributed by atoms with van der Waals surface area (Å²) in [6, 6.07) is 3.81. The van der Waals surface area contributed by atoms with Crippen LogP contribution in [0.5, 0.6) is 0 Å². The summed E-state index contributed by atoms with van der Waals surface area (Å²) in [6.07, 6.45) is 3.03. The number of hydrogen-bond acceptors (Lipinski definition) is 4. The highest BCUT2D eigenvalue weighted by Gasteiger charge is 2.17. The van der Waals surface area contributed by atoms with Gasteiger partial charge in [0.2, 0.25) is 0 Å². The third kappa shape index (κ3) is 3.94. The molecule has 1 rings (SSSR count). The van der Waals surface area contributed by atoms with Gasteiger partial charge in [-0.2, -0.15) is 0 Å². The summed E-state index contributed by atoms with van der Waals surface area (Å²) in [5.74, 6) is -1.08. The van der Waals surface area contributed by atoms with Crippen LogP contribution < -0.4 is 4.90 Å². The zero-order valence-electron chi connectivity index (χ0n) is 11.1. The van der Waals surface area contributed by atoms with E-state index in [2.05, 4.69) is 6.92 Å². The average molecular weight is 266 g/mol. The van der Waals surface area contributed by atoms with Crippen LogP contribution >= 0.6 is 0 Å². The number of benzene rings is 1. The number of carboxylic acid groups (broad SMARTS) is 1. The van der Waals surface area contributed by atoms with Crippen LogP contribution in [-0.4, -0.2) is 29.6 Å². The van der Waals surface area contributed by atoms with E-state index in [4.69, 9.17) is 5.11 Å². The van der Waals surface area contributed by atoms with Crippen molar-refractivity contribution in [2.45, 2.75) is 26.2 Å². The highest BCUT2D eigenvalue weighted by atomic mass is 16.6. The summed E-state index contributed by atoms with van der Waals surface area (Å²) in [5.41, 5.74) is 0.379. The summed E-state index contributed by atoms with van der Waals surface area (Å²) >= 11 is 0. The van der Waals surface area contributed by atoms with E-state index in [1.54, 1.807) is 11.9 Å². The number of rotatable bonds is 7. The van der Waals surface area contributed by atoms with Gasteiger partial charge in [0.1, 0.15) is 0 Å². The van der Waals surface area contributed by atoms with Gasteiger partial charge in [-0.3, -0.25) is 10.1 Å². The van der Waals surface area contributed by atoms with Crippen LogP contribution in [0, 0.1) is 10.1 Å². The first-order valence-corrected chi connectivity index (χ1v) is 6.20. The van der Waals surface area contributed by atoms with E-state index in [0.717, 1.165) is 19.3 Å². The van der Waals surface area contributed by atoms with Crippen LogP contribution in [0.2, 0.25) is 0 Å². The summed E-state index contributed by atoms with van der Waals surface area (Å²) < 4.78 is 0. The smallest absolute Gasteiger partial charge is 0.337 e. The van der Waals surface area contributed by atoms with Crippen molar-refractivity contribution in [1.29, 1.82) is 0 Å². The number of nitro groups is 1. The number of nitro benzene ring substituents is 1. The number of unbranched alkanes of at least 4 members (excludes halogenated alkanes) is 2. The molecule has 0 radical (unpaired) electrons. The molecule has 0 aliphatic heterocycles. The quantitative estimate of drug-likeness (QED) is 0.466. The fourth-order valence-electron chi connectivity index (χ4n) is 1.85. The molecule has 104 valence electrons. The van der Waals surface area contributed by atoms with Crippen molar-refractivity contribution < 1.29 is 14.8 Å². The Bertz CT molecular complexity index is 474. The SMILES string of the molecule is CCCCCN(C)c1cc([N+](=O)[O-])ccc1C(=O)O. The van der Waals surface area contributed by atoms with Crippen LogP contribution in [0.3, 0.4) is 0 Å². The highest BCUT2D eigenvalue weighted by Crippen LogP contribution is 2.25. The topological polar surface area (TPSA) is 83.7 Å². The molecule has 0 aromatic heterocycles. The molecule has 1 aromatic carbocycles. The van der Waals surface area contributed by atoms with Gasteiger partial charge in [-0.15, -0.1) is 0 Å². The number of hydrogen-bond donors (Lipinski definition) is 1. The minimum atomic E-state index is -1.08. The molecular formula is C13H18N2O4. The lowest BCUT2D eigenvalue weighted by Crippen LogP contribution is -2.21. The fraction of sp³-hybridized carbons (Fsp3) is 0.462. The number of non-ortho nitro benzene ring substituents is 1. The molecule has 0 amide bonds. The van der Waals surface area contributed by atoms with Gasteiger partial charge in [0.05, 0.1) is 16.2 Å². The van der Waals surface area contributed by atoms with Crippen molar-refractivity contribution in [3.8, 4) is 0 Å². The molecule has 0 bridgehead atoms. The van der Waals surface area contributed by atoms with E-state index in [9.17, 15) is 14.9 Å². The van der Waals surface area contributed by atoms with E-state index in [1.165, 1.54) is 18.2 Å². The third-order valence-electron chi connectivity index (χ3n) is 2.93. The maximum atomic E-state index is 11.1. The van der Waals surface area contributed by atoms with Gasteiger partial charge in [-0.25, -0.2) is 4.79 Å². The van der Waals surface area contributed by atoms with E-state index in [-0.39, 0.29) is 11.3 Å². The zero-order valence-corrected chi connectivity index (χ0v) is 11.1. The second-order valence-electron chi connectivity index (χ2n) is 4.39.